The highest BCUT2D eigenvalue weighted by Gasteiger charge is 2.33. The third-order valence-corrected chi connectivity index (χ3v) is 7.44. The predicted molar refractivity (Wildman–Crippen MR) is 141 cm³/mol. The van der Waals surface area contributed by atoms with Gasteiger partial charge in [-0.15, -0.1) is 0 Å². The van der Waals surface area contributed by atoms with Gasteiger partial charge < -0.3 is 14.7 Å². The van der Waals surface area contributed by atoms with Gasteiger partial charge in [0.15, 0.2) is 0 Å². The van der Waals surface area contributed by atoms with Crippen LogP contribution < -0.4 is 9.80 Å². The molecule has 0 atom stereocenters. The zero-order valence-corrected chi connectivity index (χ0v) is 21.7. The molecule has 3 heterocycles. The molecule has 0 radical (unpaired) electrons. The van der Waals surface area contributed by atoms with Gasteiger partial charge in [0.25, 0.3) is 5.91 Å². The van der Waals surface area contributed by atoms with E-state index < -0.39 is 17.6 Å². The SMILES string of the molecule is CC1CCN(c2nc(N(C)Cc3ccccc3)nc3c2CN(C(=O)c2cccc(C(F)(F)F)c2)CC3)CC1. The summed E-state index contributed by atoms with van der Waals surface area (Å²) in [7, 11) is 1.98. The minimum Gasteiger partial charge on any atom is -0.356 e. The Bertz CT molecular complexity index is 1290. The van der Waals surface area contributed by atoms with Crippen molar-refractivity contribution in [2.24, 2.45) is 5.92 Å². The highest BCUT2D eigenvalue weighted by molar-refractivity contribution is 5.94. The Labute approximate surface area is 221 Å². The van der Waals surface area contributed by atoms with Crippen molar-refractivity contribution in [2.45, 2.75) is 45.5 Å². The molecule has 0 bridgehead atoms. The highest BCUT2D eigenvalue weighted by atomic mass is 19.4. The molecule has 0 saturated carbocycles. The van der Waals surface area contributed by atoms with Crippen LogP contribution in [0.5, 0.6) is 0 Å². The molecule has 2 aliphatic heterocycles. The van der Waals surface area contributed by atoms with E-state index in [0.29, 0.717) is 31.4 Å². The first-order valence-corrected chi connectivity index (χ1v) is 13.1. The molecule has 1 saturated heterocycles. The molecule has 2 aliphatic rings. The number of hydrogen-bond acceptors (Lipinski definition) is 5. The summed E-state index contributed by atoms with van der Waals surface area (Å²) in [5.41, 5.74) is 2.16. The number of carbonyl (C=O) groups excluding carboxylic acids is 1. The van der Waals surface area contributed by atoms with Gasteiger partial charge in [0.1, 0.15) is 5.82 Å². The Hall–Kier alpha value is -3.62. The number of piperidine rings is 1. The van der Waals surface area contributed by atoms with E-state index in [-0.39, 0.29) is 12.1 Å². The largest absolute Gasteiger partial charge is 0.416 e. The smallest absolute Gasteiger partial charge is 0.356 e. The van der Waals surface area contributed by atoms with Crippen LogP contribution in [0.1, 0.15) is 52.5 Å². The fourth-order valence-corrected chi connectivity index (χ4v) is 5.15. The van der Waals surface area contributed by atoms with Crippen molar-refractivity contribution in [3.8, 4) is 0 Å². The maximum absolute atomic E-state index is 13.3. The van der Waals surface area contributed by atoms with E-state index in [1.165, 1.54) is 12.1 Å². The van der Waals surface area contributed by atoms with Gasteiger partial charge in [-0.25, -0.2) is 4.98 Å². The third-order valence-electron chi connectivity index (χ3n) is 7.44. The molecule has 5 rings (SSSR count). The van der Waals surface area contributed by atoms with Crippen LogP contribution >= 0.6 is 0 Å². The van der Waals surface area contributed by atoms with Crippen molar-refractivity contribution < 1.29 is 18.0 Å². The second-order valence-corrected chi connectivity index (χ2v) is 10.3. The number of hydrogen-bond donors (Lipinski definition) is 0. The molecule has 1 fully saturated rings. The Morgan fingerprint density at radius 1 is 1.03 bits per heavy atom. The first-order chi connectivity index (χ1) is 18.2. The van der Waals surface area contributed by atoms with Gasteiger partial charge in [0, 0.05) is 50.8 Å². The van der Waals surface area contributed by atoms with Crippen LogP contribution in [0.15, 0.2) is 54.6 Å². The van der Waals surface area contributed by atoms with Crippen molar-refractivity contribution in [2.75, 3.05) is 36.5 Å². The van der Waals surface area contributed by atoms with Crippen LogP contribution in [-0.2, 0) is 25.7 Å². The molecule has 2 aromatic carbocycles. The van der Waals surface area contributed by atoms with Gasteiger partial charge in [-0.3, -0.25) is 4.79 Å². The van der Waals surface area contributed by atoms with Gasteiger partial charge in [0.05, 0.1) is 17.8 Å². The summed E-state index contributed by atoms with van der Waals surface area (Å²) >= 11 is 0. The average Bonchev–Trinajstić information content (AvgIpc) is 2.92. The Morgan fingerprint density at radius 3 is 2.47 bits per heavy atom. The number of aromatic nitrogens is 2. The zero-order chi connectivity index (χ0) is 26.9. The van der Waals surface area contributed by atoms with Crippen molar-refractivity contribution in [1.82, 2.24) is 14.9 Å². The normalized spacial score (nSPS) is 16.3. The fourth-order valence-electron chi connectivity index (χ4n) is 5.15. The number of rotatable bonds is 5. The summed E-state index contributed by atoms with van der Waals surface area (Å²) in [6.45, 7) is 5.31. The Morgan fingerprint density at radius 2 is 1.76 bits per heavy atom. The minimum absolute atomic E-state index is 0.0387. The summed E-state index contributed by atoms with van der Waals surface area (Å²) in [4.78, 5) is 29.1. The second kappa shape index (κ2) is 10.6. The standard InChI is InChI=1S/C29H32F3N5O/c1-20-11-14-36(15-12-20)26-24-19-37(27(38)22-9-6-10-23(17-22)29(30,31)32)16-13-25(24)33-28(34-26)35(2)18-21-7-4-3-5-8-21/h3-10,17,20H,11-16,18-19H2,1-2H3. The molecular formula is C29H32F3N5O. The van der Waals surface area contributed by atoms with E-state index in [4.69, 9.17) is 9.97 Å². The maximum Gasteiger partial charge on any atom is 0.416 e. The second-order valence-electron chi connectivity index (χ2n) is 10.3. The fraction of sp³-hybridized carbons (Fsp3) is 0.414. The molecule has 1 amide bonds. The van der Waals surface area contributed by atoms with Crippen molar-refractivity contribution in [3.63, 3.8) is 0 Å². The summed E-state index contributed by atoms with van der Waals surface area (Å²) in [6, 6.07) is 14.8. The van der Waals surface area contributed by atoms with Gasteiger partial charge in [-0.1, -0.05) is 43.3 Å². The molecule has 1 aromatic heterocycles. The first-order valence-electron chi connectivity index (χ1n) is 13.1. The van der Waals surface area contributed by atoms with E-state index in [0.717, 1.165) is 60.7 Å². The summed E-state index contributed by atoms with van der Waals surface area (Å²) < 4.78 is 39.7. The summed E-state index contributed by atoms with van der Waals surface area (Å²) in [6.07, 6.45) is -1.87. The lowest BCUT2D eigenvalue weighted by Gasteiger charge is -2.36. The lowest BCUT2D eigenvalue weighted by molar-refractivity contribution is -0.137. The Balaban J connectivity index is 1.45. The molecule has 38 heavy (non-hydrogen) atoms. The summed E-state index contributed by atoms with van der Waals surface area (Å²) in [5.74, 6) is 1.70. The molecule has 0 aliphatic carbocycles. The van der Waals surface area contributed by atoms with Crippen molar-refractivity contribution in [1.29, 1.82) is 0 Å². The number of nitrogens with zero attached hydrogens (tertiary/aromatic N) is 5. The van der Waals surface area contributed by atoms with Gasteiger partial charge in [-0.2, -0.15) is 18.2 Å². The van der Waals surface area contributed by atoms with Gasteiger partial charge >= 0.3 is 6.18 Å². The predicted octanol–water partition coefficient (Wildman–Crippen LogP) is 5.57. The lowest BCUT2D eigenvalue weighted by atomic mass is 9.98. The van der Waals surface area contributed by atoms with Crippen molar-refractivity contribution >= 4 is 17.7 Å². The molecule has 0 spiro atoms. The van der Waals surface area contributed by atoms with E-state index in [2.05, 4.69) is 24.0 Å². The third kappa shape index (κ3) is 5.61. The van der Waals surface area contributed by atoms with Crippen LogP contribution in [0.2, 0.25) is 0 Å². The van der Waals surface area contributed by atoms with Crippen LogP contribution in [0.4, 0.5) is 24.9 Å². The number of amides is 1. The lowest BCUT2D eigenvalue weighted by Crippen LogP contribution is -2.40. The average molecular weight is 524 g/mol. The topological polar surface area (TPSA) is 52.6 Å². The minimum atomic E-state index is -4.50. The van der Waals surface area contributed by atoms with Crippen molar-refractivity contribution in [3.05, 3.63) is 82.5 Å². The quantitative estimate of drug-likeness (QED) is 0.438. The Kier molecular flexibility index (Phi) is 7.27. The zero-order valence-electron chi connectivity index (χ0n) is 21.7. The molecule has 200 valence electrons. The number of benzene rings is 2. The molecule has 3 aromatic rings. The maximum atomic E-state index is 13.3. The number of anilines is 2. The molecule has 9 heteroatoms. The number of halogens is 3. The molecular weight excluding hydrogens is 491 g/mol. The molecule has 0 N–H and O–H groups in total. The van der Waals surface area contributed by atoms with E-state index in [9.17, 15) is 18.0 Å². The number of carbonyl (C=O) groups is 1. The van der Waals surface area contributed by atoms with Crippen LogP contribution in [0.3, 0.4) is 0 Å². The number of alkyl halides is 3. The monoisotopic (exact) mass is 523 g/mol. The first kappa shape index (κ1) is 26.0. The summed E-state index contributed by atoms with van der Waals surface area (Å²) in [5, 5.41) is 0. The van der Waals surface area contributed by atoms with Crippen LogP contribution in [-0.4, -0.2) is 47.5 Å². The van der Waals surface area contributed by atoms with E-state index in [1.54, 1.807) is 4.90 Å². The molecule has 6 nitrogen and oxygen atoms in total. The highest BCUT2D eigenvalue weighted by Crippen LogP contribution is 2.33. The molecule has 0 unspecified atom stereocenters. The van der Waals surface area contributed by atoms with Crippen LogP contribution in [0.25, 0.3) is 0 Å². The number of fused-ring (bicyclic) bond motifs is 1. The van der Waals surface area contributed by atoms with Gasteiger partial charge in [-0.05, 0) is 42.5 Å². The van der Waals surface area contributed by atoms with E-state index >= 15 is 0 Å². The van der Waals surface area contributed by atoms with Gasteiger partial charge in [0.2, 0.25) is 5.95 Å². The van der Waals surface area contributed by atoms with Crippen LogP contribution in [0, 0.1) is 5.92 Å². The van der Waals surface area contributed by atoms with E-state index in [1.807, 2.05) is 30.1 Å².